The first-order chi connectivity index (χ1) is 9.72. The lowest BCUT2D eigenvalue weighted by atomic mass is 10.2. The van der Waals surface area contributed by atoms with Gasteiger partial charge in [-0.2, -0.15) is 0 Å². The van der Waals surface area contributed by atoms with E-state index in [2.05, 4.69) is 18.8 Å². The molecule has 1 aromatic carbocycles. The van der Waals surface area contributed by atoms with Crippen molar-refractivity contribution in [2.24, 2.45) is 0 Å². The molecule has 0 heterocycles. The molecule has 0 saturated carbocycles. The molecule has 1 aromatic rings. The lowest BCUT2D eigenvalue weighted by Gasteiger charge is -2.13. The molecule has 0 aliphatic carbocycles. The van der Waals surface area contributed by atoms with Gasteiger partial charge in [0, 0.05) is 6.54 Å². The van der Waals surface area contributed by atoms with Gasteiger partial charge in [0.25, 0.3) is 0 Å². The second-order valence-electron chi connectivity index (χ2n) is 4.59. The van der Waals surface area contributed by atoms with Crippen LogP contribution in [0.5, 0.6) is 11.5 Å². The van der Waals surface area contributed by atoms with E-state index in [9.17, 15) is 0 Å². The van der Waals surface area contributed by atoms with Gasteiger partial charge in [0.2, 0.25) is 0 Å². The van der Waals surface area contributed by atoms with Crippen LogP contribution in [0.3, 0.4) is 0 Å². The fourth-order valence-electron chi connectivity index (χ4n) is 1.89. The highest BCUT2D eigenvalue weighted by atomic mass is 35.5. The number of methoxy groups -OCH3 is 1. The summed E-state index contributed by atoms with van der Waals surface area (Å²) in [6.45, 7) is 8.03. The average Bonchev–Trinajstić information content (AvgIpc) is 2.45. The summed E-state index contributed by atoms with van der Waals surface area (Å²) in [5.74, 6) is 1.23. The van der Waals surface area contributed by atoms with E-state index in [0.717, 1.165) is 18.7 Å². The predicted molar refractivity (Wildman–Crippen MR) is 84.9 cm³/mol. The molecule has 0 atom stereocenters. The number of hydrogen-bond donors (Lipinski definition) is 1. The van der Waals surface area contributed by atoms with E-state index in [4.69, 9.17) is 21.1 Å². The van der Waals surface area contributed by atoms with Crippen LogP contribution in [-0.2, 0) is 6.54 Å². The summed E-state index contributed by atoms with van der Waals surface area (Å²) in [5, 5.41) is 3.97. The smallest absolute Gasteiger partial charge is 0.180 e. The van der Waals surface area contributed by atoms with E-state index in [1.54, 1.807) is 13.2 Å². The molecular formula is C16H24ClNO2. The molecule has 1 N–H and O–H groups in total. The molecular weight excluding hydrogens is 274 g/mol. The van der Waals surface area contributed by atoms with Crippen molar-refractivity contribution in [2.75, 3.05) is 20.3 Å². The Morgan fingerprint density at radius 2 is 2.15 bits per heavy atom. The fourth-order valence-corrected chi connectivity index (χ4v) is 2.18. The first-order valence-corrected chi connectivity index (χ1v) is 7.41. The fraction of sp³-hybridized carbons (Fsp3) is 0.500. The van der Waals surface area contributed by atoms with E-state index >= 15 is 0 Å². The van der Waals surface area contributed by atoms with Crippen molar-refractivity contribution >= 4 is 11.6 Å². The van der Waals surface area contributed by atoms with Gasteiger partial charge in [-0.05, 0) is 30.7 Å². The highest BCUT2D eigenvalue weighted by Crippen LogP contribution is 2.36. The largest absolute Gasteiger partial charge is 0.493 e. The molecule has 112 valence electrons. The lowest BCUT2D eigenvalue weighted by Crippen LogP contribution is -2.14. The summed E-state index contributed by atoms with van der Waals surface area (Å²) in [6.07, 6.45) is 5.36. The maximum atomic E-state index is 6.24. The van der Waals surface area contributed by atoms with Crippen LogP contribution in [0.4, 0.5) is 0 Å². The van der Waals surface area contributed by atoms with Crippen LogP contribution in [0, 0.1) is 0 Å². The number of ether oxygens (including phenoxy) is 2. The van der Waals surface area contributed by atoms with E-state index in [-0.39, 0.29) is 0 Å². The van der Waals surface area contributed by atoms with Crippen molar-refractivity contribution < 1.29 is 9.47 Å². The van der Waals surface area contributed by atoms with E-state index in [1.807, 2.05) is 12.1 Å². The van der Waals surface area contributed by atoms with E-state index in [0.29, 0.717) is 23.1 Å². The molecule has 0 fully saturated rings. The maximum Gasteiger partial charge on any atom is 0.180 e. The Morgan fingerprint density at radius 3 is 2.80 bits per heavy atom. The third kappa shape index (κ3) is 5.43. The normalized spacial score (nSPS) is 10.3. The zero-order valence-electron chi connectivity index (χ0n) is 12.4. The first-order valence-electron chi connectivity index (χ1n) is 7.03. The van der Waals surface area contributed by atoms with Gasteiger partial charge in [-0.15, -0.1) is 0 Å². The summed E-state index contributed by atoms with van der Waals surface area (Å²) in [7, 11) is 1.62. The summed E-state index contributed by atoms with van der Waals surface area (Å²) in [6, 6.07) is 3.87. The Balaban J connectivity index is 2.64. The Labute approximate surface area is 126 Å². The van der Waals surface area contributed by atoms with Crippen LogP contribution in [0.25, 0.3) is 0 Å². The summed E-state index contributed by atoms with van der Waals surface area (Å²) in [4.78, 5) is 0. The Bertz CT molecular complexity index is 421. The van der Waals surface area contributed by atoms with Gasteiger partial charge in [-0.1, -0.05) is 44.0 Å². The third-order valence-electron chi connectivity index (χ3n) is 2.92. The van der Waals surface area contributed by atoms with Crippen LogP contribution in [-0.4, -0.2) is 20.3 Å². The number of halogens is 1. The zero-order chi connectivity index (χ0) is 14.8. The second kappa shape index (κ2) is 9.67. The maximum absolute atomic E-state index is 6.24. The molecule has 0 spiro atoms. The van der Waals surface area contributed by atoms with Gasteiger partial charge in [0.1, 0.15) is 6.61 Å². The number of unbranched alkanes of at least 4 members (excludes halogenated alkanes) is 2. The molecule has 0 aliphatic heterocycles. The molecule has 3 nitrogen and oxygen atoms in total. The van der Waals surface area contributed by atoms with Gasteiger partial charge in [-0.25, -0.2) is 0 Å². The lowest BCUT2D eigenvalue weighted by molar-refractivity contribution is 0.326. The van der Waals surface area contributed by atoms with Crippen LogP contribution < -0.4 is 14.8 Å². The number of benzene rings is 1. The SMILES string of the molecule is C=CCOc1c(Cl)cc(CNCCCCC)cc1OC. The number of rotatable bonds is 10. The Morgan fingerprint density at radius 1 is 1.35 bits per heavy atom. The molecule has 20 heavy (non-hydrogen) atoms. The minimum absolute atomic E-state index is 0.407. The highest BCUT2D eigenvalue weighted by Gasteiger charge is 2.11. The number of hydrogen-bond acceptors (Lipinski definition) is 3. The van der Waals surface area contributed by atoms with Crippen molar-refractivity contribution in [1.29, 1.82) is 0 Å². The molecule has 0 aromatic heterocycles. The van der Waals surface area contributed by atoms with E-state index in [1.165, 1.54) is 19.3 Å². The van der Waals surface area contributed by atoms with Crippen molar-refractivity contribution in [3.63, 3.8) is 0 Å². The van der Waals surface area contributed by atoms with Crippen molar-refractivity contribution in [2.45, 2.75) is 32.7 Å². The summed E-state index contributed by atoms with van der Waals surface area (Å²) in [5.41, 5.74) is 1.09. The molecule has 0 saturated heterocycles. The van der Waals surface area contributed by atoms with Crippen LogP contribution in [0.1, 0.15) is 31.7 Å². The van der Waals surface area contributed by atoms with Crippen molar-refractivity contribution in [3.05, 3.63) is 35.4 Å². The van der Waals surface area contributed by atoms with Gasteiger partial charge >= 0.3 is 0 Å². The van der Waals surface area contributed by atoms with Gasteiger partial charge in [0.05, 0.1) is 12.1 Å². The molecule has 1 rings (SSSR count). The summed E-state index contributed by atoms with van der Waals surface area (Å²) >= 11 is 6.24. The van der Waals surface area contributed by atoms with Crippen LogP contribution >= 0.6 is 11.6 Å². The molecule has 0 aliphatic rings. The minimum Gasteiger partial charge on any atom is -0.493 e. The van der Waals surface area contributed by atoms with E-state index < -0.39 is 0 Å². The molecule has 0 radical (unpaired) electrons. The predicted octanol–water partition coefficient (Wildman–Crippen LogP) is 4.19. The molecule has 0 bridgehead atoms. The average molecular weight is 298 g/mol. The first kappa shape index (κ1) is 16.9. The van der Waals surface area contributed by atoms with Crippen molar-refractivity contribution in [3.8, 4) is 11.5 Å². The van der Waals surface area contributed by atoms with Gasteiger partial charge in [0.15, 0.2) is 11.5 Å². The topological polar surface area (TPSA) is 30.5 Å². The highest BCUT2D eigenvalue weighted by molar-refractivity contribution is 6.32. The zero-order valence-corrected chi connectivity index (χ0v) is 13.1. The standard InChI is InChI=1S/C16H24ClNO2/c1-4-6-7-8-18-12-13-10-14(17)16(20-9-5-2)15(11-13)19-3/h5,10-11,18H,2,4,6-9,12H2,1,3H3. The monoisotopic (exact) mass is 297 g/mol. The van der Waals surface area contributed by atoms with Crippen molar-refractivity contribution in [1.82, 2.24) is 5.32 Å². The summed E-state index contributed by atoms with van der Waals surface area (Å²) < 4.78 is 10.9. The molecule has 0 amide bonds. The molecule has 0 unspecified atom stereocenters. The quantitative estimate of drug-likeness (QED) is 0.519. The Kier molecular flexibility index (Phi) is 8.16. The van der Waals surface area contributed by atoms with Crippen LogP contribution in [0.15, 0.2) is 24.8 Å². The second-order valence-corrected chi connectivity index (χ2v) is 5.00. The van der Waals surface area contributed by atoms with Gasteiger partial charge < -0.3 is 14.8 Å². The number of nitrogens with one attached hydrogen (secondary N) is 1. The molecule has 4 heteroatoms. The third-order valence-corrected chi connectivity index (χ3v) is 3.20. The Hall–Kier alpha value is -1.19. The van der Waals surface area contributed by atoms with Crippen LogP contribution in [0.2, 0.25) is 5.02 Å². The van der Waals surface area contributed by atoms with Gasteiger partial charge in [-0.3, -0.25) is 0 Å². The minimum atomic E-state index is 0.407.